The maximum Gasteiger partial charge on any atom is 0.240 e. The van der Waals surface area contributed by atoms with Gasteiger partial charge in [-0.3, -0.25) is 4.79 Å². The molecule has 2 aromatic heterocycles. The summed E-state index contributed by atoms with van der Waals surface area (Å²) in [6, 6.07) is 7.72. The van der Waals surface area contributed by atoms with Gasteiger partial charge in [0.15, 0.2) is 0 Å². The smallest absolute Gasteiger partial charge is 0.240 e. The molecule has 0 spiro atoms. The number of aryl methyl sites for hydroxylation is 1. The minimum atomic E-state index is -0.0752. The number of amides is 1. The van der Waals surface area contributed by atoms with Crippen LogP contribution in [0, 0.1) is 6.92 Å². The lowest BCUT2D eigenvalue weighted by Gasteiger charge is -2.05. The lowest BCUT2D eigenvalue weighted by Crippen LogP contribution is -2.26. The van der Waals surface area contributed by atoms with Crippen molar-refractivity contribution >= 4 is 16.9 Å². The molecule has 0 aliphatic carbocycles. The van der Waals surface area contributed by atoms with Gasteiger partial charge in [-0.15, -0.1) is 0 Å². The average Bonchev–Trinajstić information content (AvgIpc) is 3.04. The summed E-state index contributed by atoms with van der Waals surface area (Å²) in [5.41, 5.74) is 2.72. The normalized spacial score (nSPS) is 10.8. The molecule has 2 heterocycles. The number of imidazole rings is 1. The van der Waals surface area contributed by atoms with Gasteiger partial charge in [-0.25, -0.2) is 4.98 Å². The van der Waals surface area contributed by atoms with E-state index in [1.807, 2.05) is 35.8 Å². The van der Waals surface area contributed by atoms with Gasteiger partial charge >= 0.3 is 0 Å². The van der Waals surface area contributed by atoms with Crippen molar-refractivity contribution < 1.29 is 9.32 Å². The molecular formula is C14H14N4O2. The zero-order valence-electron chi connectivity index (χ0n) is 11.0. The second-order valence-electron chi connectivity index (χ2n) is 4.55. The number of hydrogen-bond donors (Lipinski definition) is 1. The molecule has 0 radical (unpaired) electrons. The third-order valence-corrected chi connectivity index (χ3v) is 3.17. The van der Waals surface area contributed by atoms with E-state index in [-0.39, 0.29) is 12.5 Å². The number of nitrogens with zero attached hydrogens (tertiary/aromatic N) is 3. The molecule has 0 bridgehead atoms. The molecule has 0 aliphatic heterocycles. The molecule has 6 nitrogen and oxygen atoms in total. The molecule has 102 valence electrons. The number of carbonyl (C=O) groups excluding carboxylic acids is 1. The van der Waals surface area contributed by atoms with E-state index in [1.165, 1.54) is 0 Å². The van der Waals surface area contributed by atoms with Crippen molar-refractivity contribution in [3.63, 3.8) is 0 Å². The summed E-state index contributed by atoms with van der Waals surface area (Å²) in [7, 11) is 0. The Kier molecular flexibility index (Phi) is 3.20. The minimum Gasteiger partial charge on any atom is -0.361 e. The molecule has 3 rings (SSSR count). The van der Waals surface area contributed by atoms with Gasteiger partial charge in [0, 0.05) is 12.1 Å². The summed E-state index contributed by atoms with van der Waals surface area (Å²) in [4.78, 5) is 16.2. The van der Waals surface area contributed by atoms with Gasteiger partial charge in [0.1, 0.15) is 12.3 Å². The predicted octanol–water partition coefficient (Wildman–Crippen LogP) is 1.65. The maximum atomic E-state index is 11.9. The summed E-state index contributed by atoms with van der Waals surface area (Å²) >= 11 is 0. The van der Waals surface area contributed by atoms with Crippen molar-refractivity contribution in [1.82, 2.24) is 20.0 Å². The molecule has 1 N–H and O–H groups in total. The molecule has 1 amide bonds. The van der Waals surface area contributed by atoms with Gasteiger partial charge in [-0.2, -0.15) is 0 Å². The Bertz CT molecular complexity index is 744. The summed E-state index contributed by atoms with van der Waals surface area (Å²) in [5.74, 6) is 0.645. The average molecular weight is 270 g/mol. The van der Waals surface area contributed by atoms with Crippen molar-refractivity contribution in [2.75, 3.05) is 0 Å². The lowest BCUT2D eigenvalue weighted by molar-refractivity contribution is -0.121. The van der Waals surface area contributed by atoms with Gasteiger partial charge in [0.2, 0.25) is 5.91 Å². The third kappa shape index (κ3) is 2.40. The van der Waals surface area contributed by atoms with E-state index < -0.39 is 0 Å². The minimum absolute atomic E-state index is 0.0752. The van der Waals surface area contributed by atoms with E-state index in [1.54, 1.807) is 12.5 Å². The second-order valence-corrected chi connectivity index (χ2v) is 4.55. The Morgan fingerprint density at radius 2 is 2.25 bits per heavy atom. The van der Waals surface area contributed by atoms with Gasteiger partial charge < -0.3 is 14.4 Å². The van der Waals surface area contributed by atoms with Crippen LogP contribution in [0.2, 0.25) is 0 Å². The fourth-order valence-corrected chi connectivity index (χ4v) is 2.03. The van der Waals surface area contributed by atoms with Crippen molar-refractivity contribution in [3.05, 3.63) is 48.1 Å². The zero-order chi connectivity index (χ0) is 13.9. The molecule has 1 aromatic carbocycles. The van der Waals surface area contributed by atoms with Crippen LogP contribution in [0.4, 0.5) is 0 Å². The van der Waals surface area contributed by atoms with Crippen molar-refractivity contribution in [1.29, 1.82) is 0 Å². The molecule has 20 heavy (non-hydrogen) atoms. The Balaban J connectivity index is 1.66. The van der Waals surface area contributed by atoms with E-state index in [2.05, 4.69) is 15.5 Å². The molecule has 0 unspecified atom stereocenters. The number of para-hydroxylation sites is 2. The SMILES string of the molecule is Cc1oncc1CNC(=O)Cn1cnc2ccccc21. The Labute approximate surface area is 115 Å². The zero-order valence-corrected chi connectivity index (χ0v) is 11.0. The maximum absolute atomic E-state index is 11.9. The van der Waals surface area contributed by atoms with Crippen LogP contribution >= 0.6 is 0 Å². The highest BCUT2D eigenvalue weighted by Gasteiger charge is 2.08. The molecule has 3 aromatic rings. The van der Waals surface area contributed by atoms with E-state index in [0.29, 0.717) is 6.54 Å². The van der Waals surface area contributed by atoms with Crippen molar-refractivity contribution in [2.24, 2.45) is 0 Å². The van der Waals surface area contributed by atoms with E-state index in [4.69, 9.17) is 4.52 Å². The van der Waals surface area contributed by atoms with Gasteiger partial charge in [0.25, 0.3) is 0 Å². The first kappa shape index (κ1) is 12.4. The fraction of sp³-hybridized carbons (Fsp3) is 0.214. The van der Waals surface area contributed by atoms with Crippen LogP contribution in [-0.2, 0) is 17.9 Å². The number of nitrogens with one attached hydrogen (secondary N) is 1. The molecule has 0 saturated heterocycles. The van der Waals surface area contributed by atoms with Crippen LogP contribution in [0.25, 0.3) is 11.0 Å². The summed E-state index contributed by atoms with van der Waals surface area (Å²) in [6.45, 7) is 2.48. The largest absolute Gasteiger partial charge is 0.361 e. The lowest BCUT2D eigenvalue weighted by atomic mass is 10.3. The van der Waals surface area contributed by atoms with E-state index >= 15 is 0 Å². The van der Waals surface area contributed by atoms with Crippen LogP contribution in [0.1, 0.15) is 11.3 Å². The van der Waals surface area contributed by atoms with Crippen LogP contribution in [0.3, 0.4) is 0 Å². The van der Waals surface area contributed by atoms with Crippen LogP contribution in [0.5, 0.6) is 0 Å². The van der Waals surface area contributed by atoms with Crippen LogP contribution in [-0.4, -0.2) is 20.6 Å². The quantitative estimate of drug-likeness (QED) is 0.782. The number of carbonyl (C=O) groups is 1. The Morgan fingerprint density at radius 1 is 1.40 bits per heavy atom. The van der Waals surface area contributed by atoms with Gasteiger partial charge in [-0.05, 0) is 19.1 Å². The predicted molar refractivity (Wildman–Crippen MR) is 72.8 cm³/mol. The first-order valence-electron chi connectivity index (χ1n) is 6.31. The van der Waals surface area contributed by atoms with E-state index in [9.17, 15) is 4.79 Å². The first-order chi connectivity index (χ1) is 9.74. The van der Waals surface area contributed by atoms with Crippen molar-refractivity contribution in [3.8, 4) is 0 Å². The molecule has 0 saturated carbocycles. The van der Waals surface area contributed by atoms with Crippen molar-refractivity contribution in [2.45, 2.75) is 20.0 Å². The van der Waals surface area contributed by atoms with Crippen LogP contribution < -0.4 is 5.32 Å². The molecule has 0 atom stereocenters. The highest BCUT2D eigenvalue weighted by Crippen LogP contribution is 2.11. The highest BCUT2D eigenvalue weighted by atomic mass is 16.5. The Hall–Kier alpha value is -2.63. The number of rotatable bonds is 4. The monoisotopic (exact) mass is 270 g/mol. The summed E-state index contributed by atoms with van der Waals surface area (Å²) in [5, 5.41) is 6.52. The van der Waals surface area contributed by atoms with E-state index in [0.717, 1.165) is 22.4 Å². The topological polar surface area (TPSA) is 73.0 Å². The fourth-order valence-electron chi connectivity index (χ4n) is 2.03. The number of fused-ring (bicyclic) bond motifs is 1. The number of hydrogen-bond acceptors (Lipinski definition) is 4. The van der Waals surface area contributed by atoms with Crippen LogP contribution in [0.15, 0.2) is 41.3 Å². The number of aromatic nitrogens is 3. The summed E-state index contributed by atoms with van der Waals surface area (Å²) in [6.07, 6.45) is 3.29. The highest BCUT2D eigenvalue weighted by molar-refractivity contribution is 5.80. The van der Waals surface area contributed by atoms with Gasteiger partial charge in [0.05, 0.1) is 23.6 Å². The molecule has 0 aliphatic rings. The standard InChI is InChI=1S/C14H14N4O2/c1-10-11(7-17-20-10)6-15-14(19)8-18-9-16-12-4-2-3-5-13(12)18/h2-5,7,9H,6,8H2,1H3,(H,15,19). The third-order valence-electron chi connectivity index (χ3n) is 3.17. The Morgan fingerprint density at radius 3 is 3.05 bits per heavy atom. The molecule has 0 fully saturated rings. The second kappa shape index (κ2) is 5.16. The first-order valence-corrected chi connectivity index (χ1v) is 6.31. The van der Waals surface area contributed by atoms with Gasteiger partial charge in [-0.1, -0.05) is 17.3 Å². The molecule has 6 heteroatoms. The number of benzene rings is 1. The molecular weight excluding hydrogens is 256 g/mol. The summed E-state index contributed by atoms with van der Waals surface area (Å²) < 4.78 is 6.77.